The number of nitrogens with one attached hydrogen (secondary N) is 1. The van der Waals surface area contributed by atoms with Crippen molar-refractivity contribution in [1.29, 1.82) is 0 Å². The van der Waals surface area contributed by atoms with E-state index in [2.05, 4.69) is 10.4 Å². The molecule has 0 aliphatic carbocycles. The second-order valence-corrected chi connectivity index (χ2v) is 4.10. The molecule has 4 heteroatoms. The van der Waals surface area contributed by atoms with E-state index in [1.54, 1.807) is 12.1 Å². The van der Waals surface area contributed by atoms with Crippen LogP contribution in [0.4, 0.5) is 0 Å². The Kier molecular flexibility index (Phi) is 4.25. The molecule has 0 aliphatic heterocycles. The summed E-state index contributed by atoms with van der Waals surface area (Å²) in [6.45, 7) is 1.52. The number of benzene rings is 1. The van der Waals surface area contributed by atoms with Gasteiger partial charge in [0.25, 0.3) is 5.56 Å². The number of hydrogen-bond acceptors (Lipinski definition) is 3. The predicted molar refractivity (Wildman–Crippen MR) is 72.5 cm³/mol. The molecule has 0 fully saturated rings. The van der Waals surface area contributed by atoms with Gasteiger partial charge >= 0.3 is 0 Å². The van der Waals surface area contributed by atoms with Crippen molar-refractivity contribution in [2.45, 2.75) is 13.0 Å². The Morgan fingerprint density at radius 3 is 2.67 bits per heavy atom. The van der Waals surface area contributed by atoms with E-state index in [0.29, 0.717) is 6.54 Å². The van der Waals surface area contributed by atoms with Crippen LogP contribution in [0.1, 0.15) is 6.42 Å². The fourth-order valence-electron chi connectivity index (χ4n) is 1.78. The predicted octanol–water partition coefficient (Wildman–Crippen LogP) is 1.52. The summed E-state index contributed by atoms with van der Waals surface area (Å²) in [4.78, 5) is 11.7. The first kappa shape index (κ1) is 12.5. The molecule has 1 N–H and O–H groups in total. The van der Waals surface area contributed by atoms with Crippen molar-refractivity contribution in [3.63, 3.8) is 0 Å². The lowest BCUT2D eigenvalue weighted by Crippen LogP contribution is -2.24. The Hall–Kier alpha value is -1.94. The quantitative estimate of drug-likeness (QED) is 0.810. The van der Waals surface area contributed by atoms with Gasteiger partial charge in [-0.15, -0.1) is 0 Å². The molecule has 1 aromatic heterocycles. The third-order valence-electron chi connectivity index (χ3n) is 2.73. The number of nitrogens with zero attached hydrogens (tertiary/aromatic N) is 2. The van der Waals surface area contributed by atoms with E-state index in [0.717, 1.165) is 24.2 Å². The second kappa shape index (κ2) is 6.12. The highest BCUT2D eigenvalue weighted by molar-refractivity contribution is 5.57. The van der Waals surface area contributed by atoms with Gasteiger partial charge < -0.3 is 5.32 Å². The molecule has 0 bridgehead atoms. The molecule has 0 unspecified atom stereocenters. The topological polar surface area (TPSA) is 46.9 Å². The fraction of sp³-hybridized carbons (Fsp3) is 0.286. The third-order valence-corrected chi connectivity index (χ3v) is 2.73. The number of hydrogen-bond donors (Lipinski definition) is 1. The largest absolute Gasteiger partial charge is 0.320 e. The Labute approximate surface area is 106 Å². The fourth-order valence-corrected chi connectivity index (χ4v) is 1.78. The molecule has 18 heavy (non-hydrogen) atoms. The van der Waals surface area contributed by atoms with Gasteiger partial charge in [-0.3, -0.25) is 4.79 Å². The Morgan fingerprint density at radius 1 is 1.17 bits per heavy atom. The van der Waals surface area contributed by atoms with Crippen molar-refractivity contribution in [1.82, 2.24) is 15.1 Å². The number of aromatic nitrogens is 2. The van der Waals surface area contributed by atoms with Crippen LogP contribution in [-0.2, 0) is 6.54 Å². The molecular weight excluding hydrogens is 226 g/mol. The van der Waals surface area contributed by atoms with E-state index in [1.807, 2.05) is 37.4 Å². The molecule has 1 aromatic carbocycles. The van der Waals surface area contributed by atoms with Gasteiger partial charge in [0.05, 0.1) is 5.69 Å². The minimum Gasteiger partial charge on any atom is -0.320 e. The Bertz CT molecular complexity index is 548. The minimum atomic E-state index is -0.0502. The highest BCUT2D eigenvalue weighted by atomic mass is 16.1. The maximum atomic E-state index is 11.7. The summed E-state index contributed by atoms with van der Waals surface area (Å²) in [6.07, 6.45) is 0.891. The molecule has 0 amide bonds. The molecule has 1 heterocycles. The van der Waals surface area contributed by atoms with Crippen molar-refractivity contribution in [2.24, 2.45) is 0 Å². The maximum Gasteiger partial charge on any atom is 0.266 e. The molecule has 94 valence electrons. The maximum absolute atomic E-state index is 11.7. The zero-order valence-corrected chi connectivity index (χ0v) is 10.5. The first-order chi connectivity index (χ1) is 8.81. The van der Waals surface area contributed by atoms with E-state index in [4.69, 9.17) is 0 Å². The summed E-state index contributed by atoms with van der Waals surface area (Å²) in [5.41, 5.74) is 1.81. The summed E-state index contributed by atoms with van der Waals surface area (Å²) in [5.74, 6) is 0. The van der Waals surface area contributed by atoms with E-state index >= 15 is 0 Å². The van der Waals surface area contributed by atoms with Gasteiger partial charge in [-0.05, 0) is 26.1 Å². The van der Waals surface area contributed by atoms with Crippen LogP contribution in [-0.4, -0.2) is 23.4 Å². The number of rotatable bonds is 5. The molecule has 4 nitrogen and oxygen atoms in total. The van der Waals surface area contributed by atoms with Gasteiger partial charge in [0.1, 0.15) is 0 Å². The summed E-state index contributed by atoms with van der Waals surface area (Å²) in [5, 5.41) is 7.45. The smallest absolute Gasteiger partial charge is 0.266 e. The zero-order chi connectivity index (χ0) is 12.8. The van der Waals surface area contributed by atoms with E-state index in [9.17, 15) is 4.79 Å². The molecule has 0 saturated heterocycles. The van der Waals surface area contributed by atoms with Gasteiger partial charge in [0.15, 0.2) is 0 Å². The number of aryl methyl sites for hydroxylation is 1. The van der Waals surface area contributed by atoms with Crippen LogP contribution in [0.25, 0.3) is 11.3 Å². The van der Waals surface area contributed by atoms with Gasteiger partial charge in [0, 0.05) is 18.2 Å². The lowest BCUT2D eigenvalue weighted by Gasteiger charge is -2.06. The zero-order valence-electron chi connectivity index (χ0n) is 10.5. The van der Waals surface area contributed by atoms with E-state index < -0.39 is 0 Å². The lowest BCUT2D eigenvalue weighted by molar-refractivity contribution is 0.538. The summed E-state index contributed by atoms with van der Waals surface area (Å²) in [7, 11) is 1.90. The summed E-state index contributed by atoms with van der Waals surface area (Å²) in [6, 6.07) is 13.2. The van der Waals surface area contributed by atoms with Crippen LogP contribution in [0.15, 0.2) is 47.3 Å². The molecular formula is C14H17N3O. The van der Waals surface area contributed by atoms with Crippen LogP contribution in [0.2, 0.25) is 0 Å². The van der Waals surface area contributed by atoms with Gasteiger partial charge in [0.2, 0.25) is 0 Å². The van der Waals surface area contributed by atoms with Gasteiger partial charge in [-0.2, -0.15) is 5.10 Å². The van der Waals surface area contributed by atoms with E-state index in [1.165, 1.54) is 4.68 Å². The minimum absolute atomic E-state index is 0.0502. The molecule has 2 aromatic rings. The molecule has 0 aliphatic rings. The molecule has 2 rings (SSSR count). The van der Waals surface area contributed by atoms with Crippen LogP contribution < -0.4 is 10.9 Å². The highest BCUT2D eigenvalue weighted by Gasteiger charge is 2.02. The molecule has 0 radical (unpaired) electrons. The molecule has 0 atom stereocenters. The van der Waals surface area contributed by atoms with Crippen LogP contribution in [0.3, 0.4) is 0 Å². The lowest BCUT2D eigenvalue weighted by atomic mass is 10.1. The summed E-state index contributed by atoms with van der Waals surface area (Å²) >= 11 is 0. The van der Waals surface area contributed by atoms with Crippen molar-refractivity contribution >= 4 is 0 Å². The highest BCUT2D eigenvalue weighted by Crippen LogP contribution is 2.13. The first-order valence-electron chi connectivity index (χ1n) is 6.09. The van der Waals surface area contributed by atoms with Crippen LogP contribution >= 0.6 is 0 Å². The van der Waals surface area contributed by atoms with E-state index in [-0.39, 0.29) is 5.56 Å². The SMILES string of the molecule is CNCCCn1nc(-c2ccccc2)ccc1=O. The van der Waals surface area contributed by atoms with Crippen molar-refractivity contribution in [2.75, 3.05) is 13.6 Å². The first-order valence-corrected chi connectivity index (χ1v) is 6.09. The van der Waals surface area contributed by atoms with Crippen molar-refractivity contribution < 1.29 is 0 Å². The van der Waals surface area contributed by atoms with Crippen LogP contribution in [0, 0.1) is 0 Å². The Morgan fingerprint density at radius 2 is 1.94 bits per heavy atom. The van der Waals surface area contributed by atoms with Crippen molar-refractivity contribution in [3.8, 4) is 11.3 Å². The normalized spacial score (nSPS) is 10.5. The molecule has 0 spiro atoms. The van der Waals surface area contributed by atoms with Gasteiger partial charge in [-0.25, -0.2) is 4.68 Å². The molecule has 0 saturated carbocycles. The van der Waals surface area contributed by atoms with Gasteiger partial charge in [-0.1, -0.05) is 30.3 Å². The Balaban J connectivity index is 2.24. The third kappa shape index (κ3) is 3.05. The second-order valence-electron chi connectivity index (χ2n) is 4.10. The van der Waals surface area contributed by atoms with Crippen molar-refractivity contribution in [3.05, 3.63) is 52.8 Å². The standard InChI is InChI=1S/C14H17N3O/c1-15-10-5-11-17-14(18)9-8-13(16-17)12-6-3-2-4-7-12/h2-4,6-9,15H,5,10-11H2,1H3. The van der Waals surface area contributed by atoms with Crippen LogP contribution in [0.5, 0.6) is 0 Å². The summed E-state index contributed by atoms with van der Waals surface area (Å²) < 4.78 is 1.53. The average molecular weight is 243 g/mol. The monoisotopic (exact) mass is 243 g/mol. The average Bonchev–Trinajstić information content (AvgIpc) is 2.42.